The van der Waals surface area contributed by atoms with Gasteiger partial charge in [0, 0.05) is 45.2 Å². The van der Waals surface area contributed by atoms with Crippen LogP contribution in [0.5, 0.6) is 0 Å². The largest absolute Gasteiger partial charge is 0.356 e. The van der Waals surface area contributed by atoms with Crippen LogP contribution in [0.25, 0.3) is 0 Å². The van der Waals surface area contributed by atoms with Crippen LogP contribution in [0.1, 0.15) is 26.7 Å². The third kappa shape index (κ3) is 4.94. The van der Waals surface area contributed by atoms with Crippen LogP contribution >= 0.6 is 0 Å². The topological polar surface area (TPSA) is 44.4 Å². The predicted molar refractivity (Wildman–Crippen MR) is 66.4 cm³/mol. The summed E-state index contributed by atoms with van der Waals surface area (Å²) in [4.78, 5) is 14.1. The van der Waals surface area contributed by atoms with E-state index in [1.807, 2.05) is 6.92 Å². The first kappa shape index (κ1) is 13.5. The highest BCUT2D eigenvalue weighted by atomic mass is 16.1. The minimum Gasteiger partial charge on any atom is -0.356 e. The second kappa shape index (κ2) is 7.63. The number of rotatable bonds is 6. The van der Waals surface area contributed by atoms with Gasteiger partial charge in [0.05, 0.1) is 0 Å². The lowest BCUT2D eigenvalue weighted by Gasteiger charge is -2.29. The number of unbranched alkanes of at least 4 members (excludes halogenated alkanes) is 1. The maximum absolute atomic E-state index is 11.7. The highest BCUT2D eigenvalue weighted by Gasteiger charge is 2.17. The third-order valence-corrected chi connectivity index (χ3v) is 3.02. The lowest BCUT2D eigenvalue weighted by Crippen LogP contribution is -2.47. The molecule has 1 atom stereocenters. The Labute approximate surface area is 98.8 Å². The van der Waals surface area contributed by atoms with E-state index in [-0.39, 0.29) is 11.8 Å². The molecule has 4 heteroatoms. The molecule has 1 unspecified atom stereocenters. The zero-order chi connectivity index (χ0) is 11.8. The molecular weight excluding hydrogens is 202 g/mol. The second-order valence-corrected chi connectivity index (χ2v) is 4.60. The van der Waals surface area contributed by atoms with Gasteiger partial charge in [0.2, 0.25) is 5.91 Å². The van der Waals surface area contributed by atoms with Crippen molar-refractivity contribution >= 4 is 5.91 Å². The van der Waals surface area contributed by atoms with Gasteiger partial charge in [-0.1, -0.05) is 20.3 Å². The van der Waals surface area contributed by atoms with Gasteiger partial charge in [-0.15, -0.1) is 0 Å². The molecule has 0 saturated carbocycles. The highest BCUT2D eigenvalue weighted by molar-refractivity contribution is 5.78. The first-order valence-electron chi connectivity index (χ1n) is 6.44. The maximum atomic E-state index is 11.7. The van der Waals surface area contributed by atoms with Crippen LogP contribution in [0, 0.1) is 5.92 Å². The molecule has 1 fully saturated rings. The first-order valence-corrected chi connectivity index (χ1v) is 6.44. The van der Waals surface area contributed by atoms with Crippen LogP contribution in [0.3, 0.4) is 0 Å². The molecular formula is C12H25N3O. The second-order valence-electron chi connectivity index (χ2n) is 4.60. The Morgan fingerprint density at radius 2 is 2.12 bits per heavy atom. The molecule has 94 valence electrons. The Kier molecular flexibility index (Phi) is 6.42. The van der Waals surface area contributed by atoms with Crippen molar-refractivity contribution in [2.45, 2.75) is 26.7 Å². The molecule has 2 N–H and O–H groups in total. The zero-order valence-electron chi connectivity index (χ0n) is 10.6. The van der Waals surface area contributed by atoms with Crippen molar-refractivity contribution in [3.05, 3.63) is 0 Å². The number of nitrogens with one attached hydrogen (secondary N) is 2. The van der Waals surface area contributed by atoms with Gasteiger partial charge < -0.3 is 15.5 Å². The van der Waals surface area contributed by atoms with Gasteiger partial charge in [0.1, 0.15) is 0 Å². The summed E-state index contributed by atoms with van der Waals surface area (Å²) in [5, 5.41) is 6.31. The van der Waals surface area contributed by atoms with E-state index in [9.17, 15) is 4.79 Å². The fraction of sp³-hybridized carbons (Fsp3) is 0.917. The molecule has 1 saturated heterocycles. The van der Waals surface area contributed by atoms with E-state index in [2.05, 4.69) is 22.5 Å². The van der Waals surface area contributed by atoms with Gasteiger partial charge in [-0.05, 0) is 6.42 Å². The van der Waals surface area contributed by atoms with Gasteiger partial charge in [-0.3, -0.25) is 4.79 Å². The van der Waals surface area contributed by atoms with Crippen LogP contribution in [0.2, 0.25) is 0 Å². The van der Waals surface area contributed by atoms with Crippen molar-refractivity contribution in [2.24, 2.45) is 5.92 Å². The molecule has 0 spiro atoms. The summed E-state index contributed by atoms with van der Waals surface area (Å²) in [5.74, 6) is 0.307. The normalized spacial score (nSPS) is 19.4. The summed E-state index contributed by atoms with van der Waals surface area (Å²) in [5.41, 5.74) is 0. The average Bonchev–Trinajstić information content (AvgIpc) is 2.30. The molecule has 0 aliphatic carbocycles. The number of amides is 1. The lowest BCUT2D eigenvalue weighted by molar-refractivity contribution is -0.125. The van der Waals surface area contributed by atoms with Crippen molar-refractivity contribution in [2.75, 3.05) is 39.3 Å². The molecule has 0 radical (unpaired) electrons. The van der Waals surface area contributed by atoms with Crippen molar-refractivity contribution in [1.29, 1.82) is 0 Å². The number of nitrogens with zero attached hydrogens (tertiary/aromatic N) is 1. The molecule has 1 amide bonds. The summed E-state index contributed by atoms with van der Waals surface area (Å²) in [7, 11) is 0. The van der Waals surface area contributed by atoms with E-state index < -0.39 is 0 Å². The molecule has 0 aromatic heterocycles. The monoisotopic (exact) mass is 227 g/mol. The smallest absolute Gasteiger partial charge is 0.224 e. The summed E-state index contributed by atoms with van der Waals surface area (Å²) in [6.07, 6.45) is 2.21. The summed E-state index contributed by atoms with van der Waals surface area (Å²) in [6, 6.07) is 0. The predicted octanol–water partition coefficient (Wildman–Crippen LogP) is 0.444. The molecule has 4 nitrogen and oxygen atoms in total. The quantitative estimate of drug-likeness (QED) is 0.647. The van der Waals surface area contributed by atoms with Crippen LogP contribution < -0.4 is 10.6 Å². The van der Waals surface area contributed by atoms with E-state index in [0.29, 0.717) is 0 Å². The fourth-order valence-electron chi connectivity index (χ4n) is 1.93. The minimum atomic E-state index is 0.106. The Bertz CT molecular complexity index is 202. The van der Waals surface area contributed by atoms with Gasteiger partial charge in [0.15, 0.2) is 0 Å². The van der Waals surface area contributed by atoms with E-state index in [0.717, 1.165) is 52.1 Å². The van der Waals surface area contributed by atoms with Gasteiger partial charge in [0.25, 0.3) is 0 Å². The Hall–Kier alpha value is -0.610. The Balaban J connectivity index is 2.16. The van der Waals surface area contributed by atoms with Crippen LogP contribution in [0.15, 0.2) is 0 Å². The van der Waals surface area contributed by atoms with E-state index in [1.165, 1.54) is 0 Å². The number of hydrogen-bond donors (Lipinski definition) is 2. The average molecular weight is 227 g/mol. The van der Waals surface area contributed by atoms with Gasteiger partial charge in [-0.25, -0.2) is 0 Å². The van der Waals surface area contributed by atoms with Crippen LogP contribution in [-0.4, -0.2) is 50.1 Å². The number of piperazine rings is 1. The molecule has 0 aromatic carbocycles. The third-order valence-electron chi connectivity index (χ3n) is 3.02. The maximum Gasteiger partial charge on any atom is 0.224 e. The van der Waals surface area contributed by atoms with Crippen molar-refractivity contribution < 1.29 is 4.79 Å². The Morgan fingerprint density at radius 1 is 1.44 bits per heavy atom. The van der Waals surface area contributed by atoms with Crippen molar-refractivity contribution in [3.8, 4) is 0 Å². The summed E-state index contributed by atoms with van der Waals surface area (Å²) in [6.45, 7) is 10.1. The van der Waals surface area contributed by atoms with Crippen molar-refractivity contribution in [1.82, 2.24) is 15.5 Å². The zero-order valence-corrected chi connectivity index (χ0v) is 10.6. The molecule has 0 bridgehead atoms. The highest BCUT2D eigenvalue weighted by Crippen LogP contribution is 2.01. The first-order chi connectivity index (χ1) is 7.74. The summed E-state index contributed by atoms with van der Waals surface area (Å²) >= 11 is 0. The lowest BCUT2D eigenvalue weighted by atomic mass is 10.1. The van der Waals surface area contributed by atoms with Gasteiger partial charge in [-0.2, -0.15) is 0 Å². The van der Waals surface area contributed by atoms with Crippen LogP contribution in [0.4, 0.5) is 0 Å². The van der Waals surface area contributed by atoms with E-state index in [1.54, 1.807) is 0 Å². The minimum absolute atomic E-state index is 0.106. The van der Waals surface area contributed by atoms with Crippen molar-refractivity contribution in [3.63, 3.8) is 0 Å². The Morgan fingerprint density at radius 3 is 2.75 bits per heavy atom. The molecule has 1 rings (SSSR count). The van der Waals surface area contributed by atoms with E-state index in [4.69, 9.17) is 0 Å². The molecule has 1 aliphatic rings. The molecule has 0 aromatic rings. The molecule has 1 heterocycles. The van der Waals surface area contributed by atoms with E-state index >= 15 is 0 Å². The van der Waals surface area contributed by atoms with Crippen LogP contribution in [-0.2, 0) is 4.79 Å². The fourth-order valence-corrected chi connectivity index (χ4v) is 1.93. The molecule has 1 aliphatic heterocycles. The number of carbonyl (C=O) groups is 1. The van der Waals surface area contributed by atoms with Gasteiger partial charge >= 0.3 is 0 Å². The SMILES string of the molecule is CCCCNC(=O)C(C)CN1CCNCC1. The standard InChI is InChI=1S/C12H25N3O/c1-3-4-5-14-12(16)11(2)10-15-8-6-13-7-9-15/h11,13H,3-10H2,1-2H3,(H,14,16). The molecule has 16 heavy (non-hydrogen) atoms. The summed E-state index contributed by atoms with van der Waals surface area (Å²) < 4.78 is 0. The number of hydrogen-bond acceptors (Lipinski definition) is 3. The number of carbonyl (C=O) groups excluding carboxylic acids is 1.